The third kappa shape index (κ3) is 3.19. The number of ether oxygens (including phenoxy) is 1. The predicted molar refractivity (Wildman–Crippen MR) is 79.4 cm³/mol. The molecule has 1 aliphatic carbocycles. The minimum absolute atomic E-state index is 0.0514. The Balaban J connectivity index is 2.37. The fourth-order valence-corrected chi connectivity index (χ4v) is 4.11. The van der Waals surface area contributed by atoms with Crippen LogP contribution in [0.4, 0.5) is 5.69 Å². The molecule has 1 aliphatic rings. The lowest BCUT2D eigenvalue weighted by Crippen LogP contribution is -2.34. The fraction of sp³-hybridized carbons (Fsp3) is 0.500. The SMILES string of the molecule is CCCN(C1CC1)S(=O)(=O)c1ccc(C(=O)OC)cc1N. The Morgan fingerprint density at radius 1 is 1.43 bits per heavy atom. The maximum atomic E-state index is 12.7. The Morgan fingerprint density at radius 2 is 2.10 bits per heavy atom. The highest BCUT2D eigenvalue weighted by molar-refractivity contribution is 7.89. The Labute approximate surface area is 124 Å². The zero-order valence-corrected chi connectivity index (χ0v) is 13.0. The summed E-state index contributed by atoms with van der Waals surface area (Å²) in [6.45, 7) is 2.42. The fourth-order valence-electron chi connectivity index (χ4n) is 2.24. The van der Waals surface area contributed by atoms with Crippen molar-refractivity contribution >= 4 is 21.7 Å². The monoisotopic (exact) mass is 312 g/mol. The average molecular weight is 312 g/mol. The lowest BCUT2D eigenvalue weighted by Gasteiger charge is -2.22. The van der Waals surface area contributed by atoms with Crippen molar-refractivity contribution in [2.24, 2.45) is 0 Å². The third-order valence-corrected chi connectivity index (χ3v) is 5.44. The van der Waals surface area contributed by atoms with Gasteiger partial charge in [0.2, 0.25) is 10.0 Å². The number of sulfonamides is 1. The number of benzene rings is 1. The van der Waals surface area contributed by atoms with Crippen molar-refractivity contribution in [1.29, 1.82) is 0 Å². The van der Waals surface area contributed by atoms with E-state index < -0.39 is 16.0 Å². The highest BCUT2D eigenvalue weighted by Crippen LogP contribution is 2.34. The molecule has 6 nitrogen and oxygen atoms in total. The van der Waals surface area contributed by atoms with Crippen LogP contribution >= 0.6 is 0 Å². The van der Waals surface area contributed by atoms with Gasteiger partial charge in [-0.3, -0.25) is 0 Å². The van der Waals surface area contributed by atoms with Gasteiger partial charge < -0.3 is 10.5 Å². The predicted octanol–water partition coefficient (Wildman–Crippen LogP) is 1.62. The first-order valence-electron chi connectivity index (χ1n) is 6.91. The van der Waals surface area contributed by atoms with E-state index in [9.17, 15) is 13.2 Å². The first-order chi connectivity index (χ1) is 9.91. The van der Waals surface area contributed by atoms with Crippen LogP contribution < -0.4 is 5.73 Å². The molecular formula is C14H20N2O4S. The van der Waals surface area contributed by atoms with Crippen LogP contribution in [0.15, 0.2) is 23.1 Å². The van der Waals surface area contributed by atoms with Gasteiger partial charge in [0.05, 0.1) is 18.4 Å². The van der Waals surface area contributed by atoms with Crippen molar-refractivity contribution in [3.05, 3.63) is 23.8 Å². The summed E-state index contributed by atoms with van der Waals surface area (Å²) in [5, 5.41) is 0. The maximum Gasteiger partial charge on any atom is 0.337 e. The number of esters is 1. The number of anilines is 1. The lowest BCUT2D eigenvalue weighted by atomic mass is 10.2. The highest BCUT2D eigenvalue weighted by Gasteiger charge is 2.38. The van der Waals surface area contributed by atoms with Gasteiger partial charge in [-0.05, 0) is 37.5 Å². The molecule has 0 aliphatic heterocycles. The number of carbonyl (C=O) groups is 1. The second-order valence-electron chi connectivity index (χ2n) is 5.09. The van der Waals surface area contributed by atoms with E-state index in [4.69, 9.17) is 5.73 Å². The van der Waals surface area contributed by atoms with Gasteiger partial charge in [0.1, 0.15) is 4.90 Å². The van der Waals surface area contributed by atoms with Gasteiger partial charge >= 0.3 is 5.97 Å². The summed E-state index contributed by atoms with van der Waals surface area (Å²) in [6, 6.07) is 4.22. The van der Waals surface area contributed by atoms with Crippen LogP contribution in [-0.2, 0) is 14.8 Å². The zero-order valence-electron chi connectivity index (χ0n) is 12.2. The molecule has 0 saturated heterocycles. The van der Waals surface area contributed by atoms with Gasteiger partial charge in [-0.1, -0.05) is 6.92 Å². The van der Waals surface area contributed by atoms with Gasteiger partial charge in [0.25, 0.3) is 0 Å². The van der Waals surface area contributed by atoms with Crippen molar-refractivity contribution in [3.8, 4) is 0 Å². The molecule has 7 heteroatoms. The Kier molecular flexibility index (Phi) is 4.53. The second-order valence-corrected chi connectivity index (χ2v) is 6.95. The molecule has 0 atom stereocenters. The lowest BCUT2D eigenvalue weighted by molar-refractivity contribution is 0.0600. The van der Waals surface area contributed by atoms with Crippen LogP contribution in [0, 0.1) is 0 Å². The van der Waals surface area contributed by atoms with Crippen LogP contribution in [0.25, 0.3) is 0 Å². The third-order valence-electron chi connectivity index (χ3n) is 3.42. The molecule has 0 unspecified atom stereocenters. The summed E-state index contributed by atoms with van der Waals surface area (Å²) < 4.78 is 31.5. The van der Waals surface area contributed by atoms with Crippen LogP contribution in [0.5, 0.6) is 0 Å². The summed E-state index contributed by atoms with van der Waals surface area (Å²) in [5.74, 6) is -0.543. The van der Waals surface area contributed by atoms with Crippen molar-refractivity contribution in [3.63, 3.8) is 0 Å². The molecule has 2 N–H and O–H groups in total. The van der Waals surface area contributed by atoms with Crippen LogP contribution in [0.1, 0.15) is 36.5 Å². The van der Waals surface area contributed by atoms with Gasteiger partial charge in [-0.25, -0.2) is 13.2 Å². The number of nitrogen functional groups attached to an aromatic ring is 1. The molecular weight excluding hydrogens is 292 g/mol. The van der Waals surface area contributed by atoms with Crippen LogP contribution in [-0.4, -0.2) is 38.4 Å². The summed E-state index contributed by atoms with van der Waals surface area (Å²) in [5.41, 5.74) is 6.15. The van der Waals surface area contributed by atoms with Crippen molar-refractivity contribution in [2.75, 3.05) is 19.4 Å². The van der Waals surface area contributed by atoms with Crippen molar-refractivity contribution in [2.45, 2.75) is 37.1 Å². The Morgan fingerprint density at radius 3 is 2.57 bits per heavy atom. The maximum absolute atomic E-state index is 12.7. The minimum Gasteiger partial charge on any atom is -0.465 e. The second kappa shape index (κ2) is 6.03. The van der Waals surface area contributed by atoms with Crippen LogP contribution in [0.2, 0.25) is 0 Å². The number of hydrogen-bond donors (Lipinski definition) is 1. The van der Waals surface area contributed by atoms with Crippen molar-refractivity contribution in [1.82, 2.24) is 4.31 Å². The zero-order chi connectivity index (χ0) is 15.6. The van der Waals surface area contributed by atoms with E-state index in [0.717, 1.165) is 19.3 Å². The molecule has 1 saturated carbocycles. The number of hydrogen-bond acceptors (Lipinski definition) is 5. The molecule has 0 heterocycles. The van der Waals surface area contributed by atoms with E-state index in [0.29, 0.717) is 6.54 Å². The van der Waals surface area contributed by atoms with E-state index in [1.54, 1.807) is 0 Å². The van der Waals surface area contributed by atoms with E-state index in [1.807, 2.05) is 6.92 Å². The molecule has 116 valence electrons. The minimum atomic E-state index is -3.62. The van der Waals surface area contributed by atoms with Gasteiger partial charge in [-0.2, -0.15) is 4.31 Å². The highest BCUT2D eigenvalue weighted by atomic mass is 32.2. The Bertz CT molecular complexity index is 638. The Hall–Kier alpha value is -1.60. The molecule has 2 rings (SSSR count). The number of carbonyl (C=O) groups excluding carboxylic acids is 1. The largest absolute Gasteiger partial charge is 0.465 e. The molecule has 0 spiro atoms. The first-order valence-corrected chi connectivity index (χ1v) is 8.35. The average Bonchev–Trinajstić information content (AvgIpc) is 3.27. The summed E-state index contributed by atoms with van der Waals surface area (Å²) in [6.07, 6.45) is 2.52. The molecule has 0 radical (unpaired) electrons. The summed E-state index contributed by atoms with van der Waals surface area (Å²) >= 11 is 0. The molecule has 1 aromatic rings. The van der Waals surface area contributed by atoms with E-state index in [-0.39, 0.29) is 22.2 Å². The quantitative estimate of drug-likeness (QED) is 0.637. The topological polar surface area (TPSA) is 89.7 Å². The van der Waals surface area contributed by atoms with Crippen molar-refractivity contribution < 1.29 is 17.9 Å². The normalized spacial score (nSPS) is 15.2. The molecule has 1 aromatic carbocycles. The van der Waals surface area contributed by atoms with Gasteiger partial charge in [0.15, 0.2) is 0 Å². The number of rotatable bonds is 6. The van der Waals surface area contributed by atoms with E-state index >= 15 is 0 Å². The molecule has 0 bridgehead atoms. The summed E-state index contributed by atoms with van der Waals surface area (Å²) in [4.78, 5) is 11.5. The van der Waals surface area contributed by atoms with Gasteiger partial charge in [-0.15, -0.1) is 0 Å². The molecule has 1 fully saturated rings. The molecule has 21 heavy (non-hydrogen) atoms. The number of nitrogens with two attached hydrogens (primary N) is 1. The number of methoxy groups -OCH3 is 1. The first kappa shape index (κ1) is 15.8. The van der Waals surface area contributed by atoms with Gasteiger partial charge in [0, 0.05) is 12.6 Å². The van der Waals surface area contributed by atoms with E-state index in [1.165, 1.54) is 29.6 Å². The molecule has 0 aromatic heterocycles. The summed E-state index contributed by atoms with van der Waals surface area (Å²) in [7, 11) is -2.36. The smallest absolute Gasteiger partial charge is 0.337 e. The molecule has 0 amide bonds. The van der Waals surface area contributed by atoms with E-state index in [2.05, 4.69) is 4.74 Å². The standard InChI is InChI=1S/C14H20N2O4S/c1-3-8-16(11-5-6-11)21(18,19)13-7-4-10(9-12(13)15)14(17)20-2/h4,7,9,11H,3,5-6,8,15H2,1-2H3. The number of nitrogens with zero attached hydrogens (tertiary/aromatic N) is 1. The van der Waals surface area contributed by atoms with Crippen LogP contribution in [0.3, 0.4) is 0 Å².